The van der Waals surface area contributed by atoms with Crippen molar-refractivity contribution in [2.75, 3.05) is 18.0 Å². The van der Waals surface area contributed by atoms with Crippen LogP contribution >= 0.6 is 15.9 Å². The summed E-state index contributed by atoms with van der Waals surface area (Å²) in [6.45, 7) is -0.441. The Labute approximate surface area is 285 Å². The fourth-order valence-corrected chi connectivity index (χ4v) is 7.66. The third kappa shape index (κ3) is 8.81. The van der Waals surface area contributed by atoms with Crippen LogP contribution in [0.25, 0.3) is 0 Å². The molecule has 246 valence electrons. The number of hydrogen-bond donors (Lipinski definition) is 1. The highest BCUT2D eigenvalue weighted by Crippen LogP contribution is 2.33. The monoisotopic (exact) mass is 717 g/mol. The van der Waals surface area contributed by atoms with Crippen molar-refractivity contribution in [1.82, 2.24) is 10.2 Å². The predicted molar refractivity (Wildman–Crippen MR) is 188 cm³/mol. The molecule has 0 spiro atoms. The van der Waals surface area contributed by atoms with Gasteiger partial charge in [-0.3, -0.25) is 13.9 Å². The second kappa shape index (κ2) is 16.1. The lowest BCUT2D eigenvalue weighted by Gasteiger charge is -2.35. The number of rotatable bonds is 13. The first kappa shape index (κ1) is 34.2. The molecule has 0 radical (unpaired) electrons. The summed E-state index contributed by atoms with van der Waals surface area (Å²) in [5.41, 5.74) is 1.92. The molecular weight excluding hydrogens is 678 g/mol. The molecule has 1 N–H and O–H groups in total. The van der Waals surface area contributed by atoms with E-state index in [1.807, 2.05) is 54.6 Å². The number of ether oxygens (including phenoxy) is 1. The molecule has 5 rings (SSSR count). The van der Waals surface area contributed by atoms with Gasteiger partial charge in [0, 0.05) is 23.5 Å². The lowest BCUT2D eigenvalue weighted by Crippen LogP contribution is -2.55. The van der Waals surface area contributed by atoms with E-state index in [1.54, 1.807) is 42.5 Å². The highest BCUT2D eigenvalue weighted by atomic mass is 79.9. The van der Waals surface area contributed by atoms with Gasteiger partial charge in [-0.05, 0) is 60.4 Å². The Hall–Kier alpha value is -4.15. The van der Waals surface area contributed by atoms with Crippen LogP contribution in [0.5, 0.6) is 5.75 Å². The zero-order chi connectivity index (χ0) is 33.2. The van der Waals surface area contributed by atoms with Crippen molar-refractivity contribution in [2.45, 2.75) is 62.0 Å². The third-order valence-electron chi connectivity index (χ3n) is 8.45. The molecule has 4 aromatic carbocycles. The second-order valence-corrected chi connectivity index (χ2v) is 14.5. The number of carbonyl (C=O) groups excluding carboxylic acids is 2. The van der Waals surface area contributed by atoms with Crippen LogP contribution in [0.15, 0.2) is 119 Å². The maximum absolute atomic E-state index is 14.7. The van der Waals surface area contributed by atoms with Gasteiger partial charge in [0.05, 0.1) is 17.7 Å². The summed E-state index contributed by atoms with van der Waals surface area (Å²) in [5.74, 6) is -0.464. The van der Waals surface area contributed by atoms with Crippen LogP contribution in [-0.4, -0.2) is 50.9 Å². The Morgan fingerprint density at radius 2 is 1.45 bits per heavy atom. The van der Waals surface area contributed by atoms with Gasteiger partial charge in [0.25, 0.3) is 10.0 Å². The zero-order valence-electron chi connectivity index (χ0n) is 26.4. The van der Waals surface area contributed by atoms with Crippen LogP contribution < -0.4 is 14.4 Å². The van der Waals surface area contributed by atoms with Gasteiger partial charge in [-0.1, -0.05) is 108 Å². The molecule has 10 heteroatoms. The number of sulfonamides is 1. The third-order valence-corrected chi connectivity index (χ3v) is 10.8. The van der Waals surface area contributed by atoms with Crippen molar-refractivity contribution >= 4 is 43.5 Å². The van der Waals surface area contributed by atoms with E-state index in [2.05, 4.69) is 21.2 Å². The first-order chi connectivity index (χ1) is 22.8. The summed E-state index contributed by atoms with van der Waals surface area (Å²) >= 11 is 3.48. The highest BCUT2D eigenvalue weighted by Gasteiger charge is 2.36. The van der Waals surface area contributed by atoms with Crippen molar-refractivity contribution in [1.29, 1.82) is 0 Å². The molecule has 0 aliphatic heterocycles. The quantitative estimate of drug-likeness (QED) is 0.165. The average molecular weight is 719 g/mol. The van der Waals surface area contributed by atoms with Gasteiger partial charge in [0.1, 0.15) is 18.3 Å². The summed E-state index contributed by atoms with van der Waals surface area (Å²) in [6, 6.07) is 31.0. The molecule has 1 aliphatic rings. The number of para-hydroxylation sites is 2. The maximum Gasteiger partial charge on any atom is 0.264 e. The van der Waals surface area contributed by atoms with Crippen LogP contribution in [0.4, 0.5) is 5.69 Å². The van der Waals surface area contributed by atoms with Crippen LogP contribution in [0.1, 0.15) is 43.2 Å². The predicted octanol–water partition coefficient (Wildman–Crippen LogP) is 6.74. The van der Waals surface area contributed by atoms with Gasteiger partial charge in [0.2, 0.25) is 11.8 Å². The molecule has 8 nitrogen and oxygen atoms in total. The van der Waals surface area contributed by atoms with E-state index in [-0.39, 0.29) is 35.5 Å². The van der Waals surface area contributed by atoms with Crippen molar-refractivity contribution in [3.8, 4) is 5.75 Å². The van der Waals surface area contributed by atoms with Crippen LogP contribution in [0.3, 0.4) is 0 Å². The molecule has 0 bridgehead atoms. The molecule has 1 aliphatic carbocycles. The SMILES string of the molecule is COc1ccccc1N(CC(=O)N(Cc1ccc(Br)cc1)[C@H](Cc1ccccc1)C(=O)NC1CCCCC1)S(=O)(=O)c1ccccc1. The first-order valence-corrected chi connectivity index (χ1v) is 18.1. The van der Waals surface area contributed by atoms with E-state index < -0.39 is 28.5 Å². The van der Waals surface area contributed by atoms with Crippen molar-refractivity contribution in [3.05, 3.63) is 125 Å². The van der Waals surface area contributed by atoms with E-state index >= 15 is 0 Å². The van der Waals surface area contributed by atoms with Crippen LogP contribution in [0, 0.1) is 0 Å². The van der Waals surface area contributed by atoms with E-state index in [9.17, 15) is 18.0 Å². The summed E-state index contributed by atoms with van der Waals surface area (Å²) in [5, 5.41) is 3.24. The Balaban J connectivity index is 1.57. The molecular formula is C37H40BrN3O5S. The number of methoxy groups -OCH3 is 1. The fourth-order valence-electron chi connectivity index (χ4n) is 5.95. The van der Waals surface area contributed by atoms with Gasteiger partial charge < -0.3 is 15.0 Å². The molecule has 0 saturated heterocycles. The number of anilines is 1. The standard InChI is InChI=1S/C37H40BrN3O5S/c1-46-35-20-12-11-19-33(35)41(47(44,45)32-17-9-4-10-18-32)27-36(42)40(26-29-21-23-30(38)24-22-29)34(25-28-13-5-2-6-14-28)37(43)39-31-15-7-3-8-16-31/h2,4-6,9-14,17-24,31,34H,3,7-8,15-16,25-27H2,1H3,(H,39,43)/t34-/m1/s1. The van der Waals surface area contributed by atoms with Gasteiger partial charge in [-0.2, -0.15) is 0 Å². The summed E-state index contributed by atoms with van der Waals surface area (Å²) in [4.78, 5) is 30.5. The van der Waals surface area contributed by atoms with Crippen molar-refractivity contribution in [3.63, 3.8) is 0 Å². The summed E-state index contributed by atoms with van der Waals surface area (Å²) in [6.07, 6.45) is 5.27. The van der Waals surface area contributed by atoms with E-state index in [4.69, 9.17) is 4.74 Å². The van der Waals surface area contributed by atoms with Crippen molar-refractivity contribution < 1.29 is 22.7 Å². The van der Waals surface area contributed by atoms with Gasteiger partial charge in [-0.15, -0.1) is 0 Å². The number of nitrogens with zero attached hydrogens (tertiary/aromatic N) is 2. The molecule has 47 heavy (non-hydrogen) atoms. The minimum Gasteiger partial charge on any atom is -0.495 e. The first-order valence-electron chi connectivity index (χ1n) is 15.9. The average Bonchev–Trinajstić information content (AvgIpc) is 3.10. The lowest BCUT2D eigenvalue weighted by atomic mass is 9.94. The molecule has 0 unspecified atom stereocenters. The number of hydrogen-bond acceptors (Lipinski definition) is 5. The molecule has 4 aromatic rings. The summed E-state index contributed by atoms with van der Waals surface area (Å²) in [7, 11) is -2.76. The smallest absolute Gasteiger partial charge is 0.264 e. The van der Waals surface area contributed by atoms with Crippen molar-refractivity contribution in [2.24, 2.45) is 0 Å². The number of carbonyl (C=O) groups is 2. The van der Waals surface area contributed by atoms with E-state index in [0.29, 0.717) is 5.75 Å². The molecule has 0 heterocycles. The van der Waals surface area contributed by atoms with Crippen LogP contribution in [-0.2, 0) is 32.6 Å². The van der Waals surface area contributed by atoms with E-state index in [0.717, 1.165) is 52.0 Å². The fraction of sp³-hybridized carbons (Fsp3) is 0.297. The normalized spacial score (nSPS) is 14.2. The van der Waals surface area contributed by atoms with Gasteiger partial charge in [0.15, 0.2) is 0 Å². The summed E-state index contributed by atoms with van der Waals surface area (Å²) < 4.78 is 36.0. The van der Waals surface area contributed by atoms with Gasteiger partial charge >= 0.3 is 0 Å². The van der Waals surface area contributed by atoms with Crippen LogP contribution in [0.2, 0.25) is 0 Å². The molecule has 2 amide bonds. The number of benzene rings is 4. The largest absolute Gasteiger partial charge is 0.495 e. The Kier molecular flexibility index (Phi) is 11.7. The van der Waals surface area contributed by atoms with E-state index in [1.165, 1.54) is 24.1 Å². The Bertz CT molecular complexity index is 1730. The lowest BCUT2D eigenvalue weighted by molar-refractivity contribution is -0.140. The Morgan fingerprint density at radius 1 is 0.830 bits per heavy atom. The minimum atomic E-state index is -4.22. The molecule has 1 atom stereocenters. The highest BCUT2D eigenvalue weighted by molar-refractivity contribution is 9.10. The minimum absolute atomic E-state index is 0.0303. The number of halogens is 1. The number of nitrogens with one attached hydrogen (secondary N) is 1. The molecule has 1 saturated carbocycles. The Morgan fingerprint density at radius 3 is 2.11 bits per heavy atom. The molecule has 1 fully saturated rings. The second-order valence-electron chi connectivity index (χ2n) is 11.7. The molecule has 0 aromatic heterocycles. The maximum atomic E-state index is 14.7. The zero-order valence-corrected chi connectivity index (χ0v) is 28.8. The van der Waals surface area contributed by atoms with Gasteiger partial charge in [-0.25, -0.2) is 8.42 Å². The number of amides is 2. The topological polar surface area (TPSA) is 96.0 Å².